The van der Waals surface area contributed by atoms with Crippen LogP contribution in [0.15, 0.2) is 59.6 Å². The molecule has 2 aromatic rings. The first-order valence-corrected chi connectivity index (χ1v) is 11.7. The lowest BCUT2D eigenvalue weighted by atomic mass is 10.0. The van der Waals surface area contributed by atoms with E-state index < -0.39 is 0 Å². The van der Waals surface area contributed by atoms with Crippen LogP contribution < -0.4 is 15.4 Å². The Bertz CT molecular complexity index is 831. The van der Waals surface area contributed by atoms with Crippen LogP contribution in [0.1, 0.15) is 36.9 Å². The summed E-state index contributed by atoms with van der Waals surface area (Å²) in [6, 6.07) is 19.7. The maximum absolute atomic E-state index is 5.41. The van der Waals surface area contributed by atoms with Gasteiger partial charge in [-0.3, -0.25) is 9.89 Å². The molecular weight excluding hydrogens is 398 g/mol. The largest absolute Gasteiger partial charge is 0.497 e. The standard InChI is InChI=1S/C26H39N5O/c1-5-27-26(28-19-25(30(2)3)22-12-9-13-24(18-22)32-4)29-23-14-16-31(17-15-23)20-21-10-7-6-8-11-21/h6-13,18,23,25H,5,14-17,19-20H2,1-4H3,(H2,27,28,29). The van der Waals surface area contributed by atoms with E-state index in [4.69, 9.17) is 9.73 Å². The molecule has 6 heteroatoms. The predicted octanol–water partition coefficient (Wildman–Crippen LogP) is 3.52. The van der Waals surface area contributed by atoms with E-state index in [0.29, 0.717) is 12.6 Å². The van der Waals surface area contributed by atoms with Gasteiger partial charge < -0.3 is 20.3 Å². The van der Waals surface area contributed by atoms with E-state index in [1.807, 2.05) is 12.1 Å². The molecule has 3 rings (SSSR count). The first-order chi connectivity index (χ1) is 15.6. The van der Waals surface area contributed by atoms with E-state index in [0.717, 1.165) is 50.7 Å². The van der Waals surface area contributed by atoms with Gasteiger partial charge in [-0.15, -0.1) is 0 Å². The number of likely N-dealkylation sites (N-methyl/N-ethyl adjacent to an activating group) is 1. The van der Waals surface area contributed by atoms with E-state index in [-0.39, 0.29) is 6.04 Å². The molecule has 0 spiro atoms. The van der Waals surface area contributed by atoms with Crippen molar-refractivity contribution in [3.05, 3.63) is 65.7 Å². The summed E-state index contributed by atoms with van der Waals surface area (Å²) >= 11 is 0. The normalized spacial score (nSPS) is 16.7. The molecule has 1 atom stereocenters. The first kappa shape index (κ1) is 24.1. The van der Waals surface area contributed by atoms with Crippen molar-refractivity contribution < 1.29 is 4.74 Å². The highest BCUT2D eigenvalue weighted by Crippen LogP contribution is 2.23. The summed E-state index contributed by atoms with van der Waals surface area (Å²) in [6.07, 6.45) is 2.26. The summed E-state index contributed by atoms with van der Waals surface area (Å²) in [7, 11) is 5.91. The molecule has 2 N–H and O–H groups in total. The Balaban J connectivity index is 1.57. The second kappa shape index (κ2) is 12.5. The molecule has 0 aliphatic carbocycles. The van der Waals surface area contributed by atoms with Crippen LogP contribution in [0.2, 0.25) is 0 Å². The highest BCUT2D eigenvalue weighted by molar-refractivity contribution is 5.80. The zero-order valence-electron chi connectivity index (χ0n) is 20.1. The molecule has 174 valence electrons. The molecule has 0 saturated carbocycles. The van der Waals surface area contributed by atoms with Gasteiger partial charge in [-0.25, -0.2) is 0 Å². The van der Waals surface area contributed by atoms with Gasteiger partial charge in [-0.2, -0.15) is 0 Å². The van der Waals surface area contributed by atoms with Crippen molar-refractivity contribution >= 4 is 5.96 Å². The first-order valence-electron chi connectivity index (χ1n) is 11.7. The number of ether oxygens (including phenoxy) is 1. The van der Waals surface area contributed by atoms with Gasteiger partial charge in [0.2, 0.25) is 0 Å². The molecule has 6 nitrogen and oxygen atoms in total. The lowest BCUT2D eigenvalue weighted by Gasteiger charge is -2.33. The molecule has 1 aliphatic rings. The summed E-state index contributed by atoms with van der Waals surface area (Å²) in [5.74, 6) is 1.79. The second-order valence-corrected chi connectivity index (χ2v) is 8.66. The number of aliphatic imine (C=N–C) groups is 1. The Morgan fingerprint density at radius 2 is 1.88 bits per heavy atom. The molecule has 1 aliphatic heterocycles. The van der Waals surface area contributed by atoms with Crippen molar-refractivity contribution in [2.75, 3.05) is 47.4 Å². The fourth-order valence-electron chi connectivity index (χ4n) is 4.18. The van der Waals surface area contributed by atoms with Gasteiger partial charge in [0.05, 0.1) is 19.7 Å². The maximum Gasteiger partial charge on any atom is 0.191 e. The summed E-state index contributed by atoms with van der Waals surface area (Å²) in [4.78, 5) is 9.70. The third kappa shape index (κ3) is 7.24. The van der Waals surface area contributed by atoms with Gasteiger partial charge >= 0.3 is 0 Å². The third-order valence-electron chi connectivity index (χ3n) is 6.05. The average Bonchev–Trinajstić information content (AvgIpc) is 2.81. The van der Waals surface area contributed by atoms with E-state index in [1.165, 1.54) is 11.1 Å². The highest BCUT2D eigenvalue weighted by Gasteiger charge is 2.21. The minimum atomic E-state index is 0.188. The summed E-state index contributed by atoms with van der Waals surface area (Å²) < 4.78 is 5.41. The van der Waals surface area contributed by atoms with Crippen molar-refractivity contribution in [2.45, 2.75) is 38.4 Å². The number of rotatable bonds is 9. The van der Waals surface area contributed by atoms with Crippen molar-refractivity contribution in [1.82, 2.24) is 20.4 Å². The molecule has 1 saturated heterocycles. The fraction of sp³-hybridized carbons (Fsp3) is 0.500. The van der Waals surface area contributed by atoms with Crippen LogP contribution in [0, 0.1) is 0 Å². The second-order valence-electron chi connectivity index (χ2n) is 8.66. The summed E-state index contributed by atoms with van der Waals surface area (Å²) in [5, 5.41) is 7.11. The maximum atomic E-state index is 5.41. The van der Waals surface area contributed by atoms with Gasteiger partial charge in [0.1, 0.15) is 5.75 Å². The number of hydrogen-bond acceptors (Lipinski definition) is 4. The topological polar surface area (TPSA) is 52.1 Å². The quantitative estimate of drug-likeness (QED) is 0.464. The van der Waals surface area contributed by atoms with Crippen LogP contribution in [-0.4, -0.2) is 69.2 Å². The van der Waals surface area contributed by atoms with E-state index in [1.54, 1.807) is 7.11 Å². The minimum absolute atomic E-state index is 0.188. The summed E-state index contributed by atoms with van der Waals surface area (Å²) in [6.45, 7) is 6.90. The molecular formula is C26H39N5O. The predicted molar refractivity (Wildman–Crippen MR) is 133 cm³/mol. The Morgan fingerprint density at radius 3 is 2.53 bits per heavy atom. The van der Waals surface area contributed by atoms with Gasteiger partial charge in [-0.05, 0) is 57.1 Å². The number of guanidine groups is 1. The van der Waals surface area contributed by atoms with Crippen molar-refractivity contribution in [3.63, 3.8) is 0 Å². The van der Waals surface area contributed by atoms with Crippen LogP contribution >= 0.6 is 0 Å². The Kier molecular flexibility index (Phi) is 9.38. The molecule has 1 heterocycles. The number of nitrogens with one attached hydrogen (secondary N) is 2. The van der Waals surface area contributed by atoms with E-state index in [9.17, 15) is 0 Å². The van der Waals surface area contributed by atoms with Gasteiger partial charge in [0, 0.05) is 32.2 Å². The van der Waals surface area contributed by atoms with Crippen LogP contribution in [0.4, 0.5) is 0 Å². The van der Waals surface area contributed by atoms with Crippen molar-refractivity contribution in [3.8, 4) is 5.75 Å². The van der Waals surface area contributed by atoms with Gasteiger partial charge in [-0.1, -0.05) is 42.5 Å². The van der Waals surface area contributed by atoms with E-state index in [2.05, 4.69) is 83.9 Å². The Morgan fingerprint density at radius 1 is 1.12 bits per heavy atom. The van der Waals surface area contributed by atoms with Crippen LogP contribution in [-0.2, 0) is 6.54 Å². The molecule has 1 unspecified atom stereocenters. The van der Waals surface area contributed by atoms with Gasteiger partial charge in [0.25, 0.3) is 0 Å². The number of hydrogen-bond donors (Lipinski definition) is 2. The fourth-order valence-corrected chi connectivity index (χ4v) is 4.18. The third-order valence-corrected chi connectivity index (χ3v) is 6.05. The Labute approximate surface area is 193 Å². The molecule has 0 aromatic heterocycles. The number of nitrogens with zero attached hydrogens (tertiary/aromatic N) is 3. The molecule has 0 radical (unpaired) electrons. The minimum Gasteiger partial charge on any atom is -0.497 e. The lowest BCUT2D eigenvalue weighted by Crippen LogP contribution is -2.48. The number of benzene rings is 2. The zero-order valence-corrected chi connectivity index (χ0v) is 20.1. The van der Waals surface area contributed by atoms with Crippen molar-refractivity contribution in [1.29, 1.82) is 0 Å². The van der Waals surface area contributed by atoms with Crippen LogP contribution in [0.5, 0.6) is 5.75 Å². The van der Waals surface area contributed by atoms with Crippen molar-refractivity contribution in [2.24, 2.45) is 4.99 Å². The SMILES string of the molecule is CCNC(=NCC(c1cccc(OC)c1)N(C)C)NC1CCN(Cc2ccccc2)CC1. The molecule has 2 aromatic carbocycles. The average molecular weight is 438 g/mol. The van der Waals surface area contributed by atoms with Crippen LogP contribution in [0.3, 0.4) is 0 Å². The number of piperidine rings is 1. The lowest BCUT2D eigenvalue weighted by molar-refractivity contribution is 0.198. The molecule has 32 heavy (non-hydrogen) atoms. The molecule has 0 amide bonds. The summed E-state index contributed by atoms with van der Waals surface area (Å²) in [5.41, 5.74) is 2.60. The number of likely N-dealkylation sites (tertiary alicyclic amines) is 1. The molecule has 0 bridgehead atoms. The highest BCUT2D eigenvalue weighted by atomic mass is 16.5. The number of methoxy groups -OCH3 is 1. The monoisotopic (exact) mass is 437 g/mol. The smallest absolute Gasteiger partial charge is 0.191 e. The zero-order chi connectivity index (χ0) is 22.8. The van der Waals surface area contributed by atoms with Crippen LogP contribution in [0.25, 0.3) is 0 Å². The van der Waals surface area contributed by atoms with Gasteiger partial charge in [0.15, 0.2) is 5.96 Å². The Hall–Kier alpha value is -2.57. The van der Waals surface area contributed by atoms with E-state index >= 15 is 0 Å². The molecule has 1 fully saturated rings.